The summed E-state index contributed by atoms with van der Waals surface area (Å²) >= 11 is 5.52. The van der Waals surface area contributed by atoms with E-state index in [4.69, 9.17) is 84.7 Å². The second kappa shape index (κ2) is 42.8. The Morgan fingerprint density at radius 2 is 0.792 bits per heavy atom. The summed E-state index contributed by atoms with van der Waals surface area (Å²) in [6.45, 7) is 29.4. The van der Waals surface area contributed by atoms with Crippen LogP contribution in [0.25, 0.3) is 0 Å². The number of carbonyl (C=O) groups is 3. The van der Waals surface area contributed by atoms with Gasteiger partial charge in [-0.3, -0.25) is 14.4 Å². The Labute approximate surface area is 631 Å². The number of aromatic hydroxyl groups is 3. The largest absolute Gasteiger partial charge is 0.504 e. The minimum absolute atomic E-state index is 0. The average molecular weight is 1490 g/mol. The van der Waals surface area contributed by atoms with Crippen LogP contribution in [0.5, 0.6) is 40.2 Å². The lowest BCUT2D eigenvalue weighted by molar-refractivity contribution is -0.228. The van der Waals surface area contributed by atoms with Crippen LogP contribution in [0.2, 0.25) is 0 Å². The van der Waals surface area contributed by atoms with Gasteiger partial charge in [0.05, 0.1) is 38.1 Å². The third kappa shape index (κ3) is 24.6. The molecule has 6 aliphatic heterocycles. The average Bonchev–Trinajstić information content (AvgIpc) is 1.71. The van der Waals surface area contributed by atoms with Crippen LogP contribution < -0.4 is 18.9 Å². The second-order valence-electron chi connectivity index (χ2n) is 27.5. The number of carbonyl (C=O) groups excluding carboxylic acids is 3. The van der Waals surface area contributed by atoms with Gasteiger partial charge in [-0.15, -0.1) is 0 Å². The van der Waals surface area contributed by atoms with Gasteiger partial charge in [-0.1, -0.05) is 205 Å². The van der Waals surface area contributed by atoms with Gasteiger partial charge >= 0.3 is 0 Å². The number of aliphatic hydroxyl groups excluding tert-OH is 3. The molecule has 6 N–H and O–H groups in total. The SMILES string of the molecule is C.C.CC#N.CC(C)C(=O)c1cc(O)c(O)c(O)c1.CC(C)C(=O)c1cc(OCc2ccccc2)c(OCc2ccccc2)c(OCc2ccccc2)c1.CC1C2COC(O2)C(C)C1C.CC1C2COC(O2)C(C)C1C.Cc1cc(C(=O)Cl)cc(OCc2ccccc2)c1C.OC1C2COC(O2)C(O)C1O. The van der Waals surface area contributed by atoms with E-state index in [0.29, 0.717) is 96.4 Å². The van der Waals surface area contributed by atoms with Crippen molar-refractivity contribution in [1.29, 1.82) is 5.26 Å². The lowest BCUT2D eigenvalue weighted by atomic mass is 9.80. The molecule has 15 unspecified atom stereocenters. The Morgan fingerprint density at radius 1 is 0.462 bits per heavy atom. The van der Waals surface area contributed by atoms with Gasteiger partial charge in [0.1, 0.15) is 56.6 Å². The number of nitriles is 1. The molecule has 6 aliphatic rings. The molecule has 0 aromatic heterocycles. The molecule has 0 saturated carbocycles. The fraction of sp³-hybridized carbons (Fsp3) is 0.459. The zero-order valence-electron chi connectivity index (χ0n) is 61.6. The van der Waals surface area contributed by atoms with E-state index < -0.39 is 53.2 Å². The van der Waals surface area contributed by atoms with Crippen molar-refractivity contribution in [1.82, 2.24) is 0 Å². The number of halogens is 1. The predicted molar refractivity (Wildman–Crippen MR) is 407 cm³/mol. The smallest absolute Gasteiger partial charge is 0.252 e. The summed E-state index contributed by atoms with van der Waals surface area (Å²) in [4.78, 5) is 35.6. The van der Waals surface area contributed by atoms with Crippen LogP contribution in [0.3, 0.4) is 0 Å². The normalized spacial score (nSPS) is 24.4. The predicted octanol–water partition coefficient (Wildman–Crippen LogP) is 16.1. The van der Waals surface area contributed by atoms with E-state index in [9.17, 15) is 24.6 Å². The molecule has 13 rings (SSSR count). The van der Waals surface area contributed by atoms with Crippen molar-refractivity contribution in [2.24, 2.45) is 47.3 Å². The lowest BCUT2D eigenvalue weighted by Crippen LogP contribution is -2.53. The number of ether oxygens (including phenoxy) is 10. The number of phenolic OH excluding ortho intramolecular Hbond substituents is 3. The highest BCUT2D eigenvalue weighted by atomic mass is 35.5. The van der Waals surface area contributed by atoms with E-state index in [2.05, 4.69) is 41.5 Å². The van der Waals surface area contributed by atoms with E-state index in [-0.39, 0.29) is 63.0 Å². The molecule has 6 heterocycles. The number of nitrogens with zero attached hydrogens (tertiary/aromatic N) is 1. The van der Waals surface area contributed by atoms with E-state index >= 15 is 0 Å². The van der Waals surface area contributed by atoms with Crippen molar-refractivity contribution < 1.29 is 92.4 Å². The number of hydrogen-bond donors (Lipinski definition) is 6. The van der Waals surface area contributed by atoms with Crippen LogP contribution in [0, 0.1) is 72.5 Å². The third-order valence-corrected chi connectivity index (χ3v) is 19.6. The number of benzene rings is 7. The van der Waals surface area contributed by atoms with Gasteiger partial charge in [0.25, 0.3) is 5.24 Å². The van der Waals surface area contributed by atoms with Crippen molar-refractivity contribution >= 4 is 28.4 Å². The molecule has 15 atom stereocenters. The Bertz CT molecular complexity index is 3640. The molecule has 6 saturated heterocycles. The minimum atomic E-state index is -1.15. The molecule has 0 spiro atoms. The standard InChI is InChI=1S/C31H30O4.C16H15ClO2.C10H12O4.2C9H16O2.C6H10O5.C2H3N.2CH4/c1-23(2)30(32)27-18-28(33-20-24-12-6-3-7-13-24)31(35-22-26-16-10-5-11-17-26)29(19-27)34-21-25-14-8-4-9-15-25;1-11-8-14(16(17)18)9-15(12(11)2)19-10-13-6-4-3-5-7-13;1-5(2)9(13)6-3-7(11)10(14)8(12)4-6;2*1-5-6(2)8-4-10-9(11-8)7(5)3;7-3-2-1-10-6(11-2)5(9)4(3)8;1-2-3;;/h3-19,23H,20-22H2,1-2H3;3-9H,10H2,1-2H3;3-5,11-12,14H,1-2H3;2*5-9H,4H2,1-3H3;2-9H,1H2;1H3;2*1H4. The van der Waals surface area contributed by atoms with Crippen LogP contribution in [0.1, 0.15) is 155 Å². The third-order valence-electron chi connectivity index (χ3n) is 19.4. The highest BCUT2D eigenvalue weighted by molar-refractivity contribution is 6.67. The molecule has 6 fully saturated rings. The van der Waals surface area contributed by atoms with Crippen LogP contribution >= 0.6 is 11.6 Å². The first-order valence-corrected chi connectivity index (χ1v) is 35.7. The quantitative estimate of drug-likeness (QED) is 0.0281. The van der Waals surface area contributed by atoms with Crippen molar-refractivity contribution in [3.05, 3.63) is 208 Å². The molecule has 6 bridgehead atoms. The molecule has 7 aromatic rings. The van der Waals surface area contributed by atoms with Gasteiger partial charge < -0.3 is 78.0 Å². The molecule has 0 aliphatic carbocycles. The zero-order chi connectivity index (χ0) is 75.9. The first-order valence-electron chi connectivity index (χ1n) is 35.3. The van der Waals surface area contributed by atoms with Crippen LogP contribution in [-0.2, 0) is 54.8 Å². The highest BCUT2D eigenvalue weighted by Gasteiger charge is 2.49. The highest BCUT2D eigenvalue weighted by Crippen LogP contribution is 2.43. The monoisotopic (exact) mass is 1480 g/mol. The summed E-state index contributed by atoms with van der Waals surface area (Å²) in [6.07, 6.45) is -3.67. The topological polar surface area (TPSA) is 289 Å². The maximum absolute atomic E-state index is 12.9. The van der Waals surface area contributed by atoms with Crippen molar-refractivity contribution in [2.45, 2.75) is 187 Å². The van der Waals surface area contributed by atoms with E-state index in [1.165, 1.54) is 6.92 Å². The summed E-state index contributed by atoms with van der Waals surface area (Å²) in [7, 11) is 0. The Balaban J connectivity index is 0.000000241. The Kier molecular flexibility index (Phi) is 35.6. The summed E-state index contributed by atoms with van der Waals surface area (Å²) in [5.74, 6) is 3.92. The van der Waals surface area contributed by atoms with Crippen LogP contribution in [0.4, 0.5) is 0 Å². The van der Waals surface area contributed by atoms with Crippen molar-refractivity contribution in [3.8, 4) is 46.3 Å². The number of aryl methyl sites for hydroxylation is 1. The molecule has 7 aromatic carbocycles. The maximum Gasteiger partial charge on any atom is 0.252 e. The molecule has 0 amide bonds. The molecule has 0 radical (unpaired) electrons. The lowest BCUT2D eigenvalue weighted by Gasteiger charge is -2.35. The second-order valence-corrected chi connectivity index (χ2v) is 27.8. The number of Topliss-reactive ketones (excluding diaryl/α,β-unsaturated/α-hetero) is 2. The number of phenols is 3. The van der Waals surface area contributed by atoms with Gasteiger partial charge in [-0.25, -0.2) is 0 Å². The number of rotatable bonds is 17. The number of fused-ring (bicyclic) bond motifs is 6. The van der Waals surface area contributed by atoms with Gasteiger partial charge in [0, 0.05) is 47.3 Å². The molecule has 20 nitrogen and oxygen atoms in total. The van der Waals surface area contributed by atoms with Crippen LogP contribution in [-0.4, -0.2) is 123 Å². The van der Waals surface area contributed by atoms with Gasteiger partial charge in [0.2, 0.25) is 5.75 Å². The van der Waals surface area contributed by atoms with Crippen LogP contribution in [0.15, 0.2) is 158 Å². The first-order chi connectivity index (χ1) is 49.6. The van der Waals surface area contributed by atoms with Gasteiger partial charge in [0.15, 0.2) is 59.2 Å². The molecule has 576 valence electrons. The van der Waals surface area contributed by atoms with Crippen molar-refractivity contribution in [2.75, 3.05) is 19.8 Å². The number of hydrogen-bond acceptors (Lipinski definition) is 20. The maximum atomic E-state index is 12.9. The molecule has 21 heteroatoms. The summed E-state index contributed by atoms with van der Waals surface area (Å²) < 4.78 is 56.8. The first kappa shape index (κ1) is 88.2. The van der Waals surface area contributed by atoms with Gasteiger partial charge in [-0.2, -0.15) is 5.26 Å². The summed E-state index contributed by atoms with van der Waals surface area (Å²) in [5.41, 5.74) is 7.37. The van der Waals surface area contributed by atoms with Crippen molar-refractivity contribution in [3.63, 3.8) is 0 Å². The van der Waals surface area contributed by atoms with Gasteiger partial charge in [-0.05, 0) is 119 Å². The number of aliphatic hydroxyl groups is 3. The van der Waals surface area contributed by atoms with E-state index in [0.717, 1.165) is 70.6 Å². The minimum Gasteiger partial charge on any atom is -0.504 e. The Morgan fingerprint density at radius 3 is 1.17 bits per heavy atom. The van der Waals surface area contributed by atoms with E-state index in [1.807, 2.05) is 149 Å². The fourth-order valence-corrected chi connectivity index (χ4v) is 12.1. The summed E-state index contributed by atoms with van der Waals surface area (Å²) in [5, 5.41) is 61.8. The zero-order valence-corrected chi connectivity index (χ0v) is 62.3. The van der Waals surface area contributed by atoms with E-state index in [1.54, 1.807) is 44.2 Å². The summed E-state index contributed by atoms with van der Waals surface area (Å²) in [6, 6.07) is 50.7. The fourth-order valence-electron chi connectivity index (χ4n) is 12.0. The number of ketones is 2. The molecular formula is C85H110ClNO19. The molecular weight excluding hydrogens is 1370 g/mol. The molecule has 106 heavy (non-hydrogen) atoms. The Hall–Kier alpha value is -8.43.